The Kier molecular flexibility index (Phi) is 4.07. The predicted octanol–water partition coefficient (Wildman–Crippen LogP) is 2.52. The third-order valence-electron chi connectivity index (χ3n) is 2.94. The molecule has 19 heavy (non-hydrogen) atoms. The van der Waals surface area contributed by atoms with E-state index >= 15 is 0 Å². The van der Waals surface area contributed by atoms with Crippen LogP contribution in [0.25, 0.3) is 0 Å². The van der Waals surface area contributed by atoms with Crippen molar-refractivity contribution in [3.8, 4) is 0 Å². The van der Waals surface area contributed by atoms with Gasteiger partial charge in [0.05, 0.1) is 22.6 Å². The maximum atomic E-state index is 10.9. The quantitative estimate of drug-likeness (QED) is 0.616. The highest BCUT2D eigenvalue weighted by molar-refractivity contribution is 5.78. The number of aromatic nitrogens is 2. The van der Waals surface area contributed by atoms with E-state index in [4.69, 9.17) is 0 Å². The number of benzene rings is 1. The molecule has 0 aliphatic heterocycles. The average Bonchev–Trinajstić information content (AvgIpc) is 2.79. The fourth-order valence-electron chi connectivity index (χ4n) is 1.91. The van der Waals surface area contributed by atoms with E-state index in [1.165, 1.54) is 0 Å². The highest BCUT2D eigenvalue weighted by Gasteiger charge is 2.08. The highest BCUT2D eigenvalue weighted by atomic mass is 16.1. The molecular formula is C14H16N4O. The maximum absolute atomic E-state index is 10.9. The summed E-state index contributed by atoms with van der Waals surface area (Å²) in [6, 6.07) is 7.69. The third-order valence-corrected chi connectivity index (χ3v) is 2.94. The lowest BCUT2D eigenvalue weighted by molar-refractivity contribution is 0.112. The molecule has 0 atom stereocenters. The average molecular weight is 256 g/mol. The molecule has 0 unspecified atom stereocenters. The second kappa shape index (κ2) is 5.95. The Morgan fingerprint density at radius 3 is 3.00 bits per heavy atom. The Bertz CT molecular complexity index is 589. The molecule has 1 aromatic heterocycles. The van der Waals surface area contributed by atoms with Gasteiger partial charge in [0.2, 0.25) is 0 Å². The van der Waals surface area contributed by atoms with Crippen LogP contribution in [0.15, 0.2) is 29.3 Å². The number of hydrogen-bond donors (Lipinski definition) is 2. The number of aromatic amines is 1. The van der Waals surface area contributed by atoms with Gasteiger partial charge in [-0.2, -0.15) is 5.10 Å². The SMILES string of the molecule is C=Nc1ccccc1NCCc1n[nH]c(C)c1C=O. The molecule has 0 radical (unpaired) electrons. The van der Waals surface area contributed by atoms with Crippen molar-refractivity contribution in [3.05, 3.63) is 41.2 Å². The first-order valence-corrected chi connectivity index (χ1v) is 6.05. The van der Waals surface area contributed by atoms with Crippen molar-refractivity contribution in [2.24, 2.45) is 4.99 Å². The van der Waals surface area contributed by atoms with Gasteiger partial charge in [0, 0.05) is 18.7 Å². The largest absolute Gasteiger partial charge is 0.383 e. The van der Waals surface area contributed by atoms with Gasteiger partial charge in [0.15, 0.2) is 6.29 Å². The summed E-state index contributed by atoms with van der Waals surface area (Å²) in [5, 5.41) is 10.2. The first-order valence-electron chi connectivity index (χ1n) is 6.05. The van der Waals surface area contributed by atoms with E-state index in [1.54, 1.807) is 0 Å². The van der Waals surface area contributed by atoms with E-state index in [1.807, 2.05) is 31.2 Å². The monoisotopic (exact) mass is 256 g/mol. The van der Waals surface area contributed by atoms with Gasteiger partial charge in [-0.25, -0.2) is 0 Å². The summed E-state index contributed by atoms with van der Waals surface area (Å²) in [5.74, 6) is 0. The Morgan fingerprint density at radius 1 is 1.47 bits per heavy atom. The van der Waals surface area contributed by atoms with E-state index in [-0.39, 0.29) is 0 Å². The standard InChI is InChI=1S/C14H16N4O/c1-10-11(9-19)12(18-17-10)7-8-16-14-6-4-3-5-13(14)15-2/h3-6,9,16H,2,7-8H2,1H3,(H,17,18). The van der Waals surface area contributed by atoms with Gasteiger partial charge < -0.3 is 5.32 Å². The molecule has 0 spiro atoms. The van der Waals surface area contributed by atoms with E-state index in [0.717, 1.165) is 29.0 Å². The van der Waals surface area contributed by atoms with Crippen LogP contribution in [0.1, 0.15) is 21.7 Å². The fraction of sp³-hybridized carbons (Fsp3) is 0.214. The van der Waals surface area contributed by atoms with Crippen LogP contribution < -0.4 is 5.32 Å². The van der Waals surface area contributed by atoms with Gasteiger partial charge in [-0.15, -0.1) is 0 Å². The van der Waals surface area contributed by atoms with Crippen LogP contribution in [-0.2, 0) is 6.42 Å². The smallest absolute Gasteiger partial charge is 0.153 e. The van der Waals surface area contributed by atoms with Crippen molar-refractivity contribution in [2.45, 2.75) is 13.3 Å². The van der Waals surface area contributed by atoms with Crippen molar-refractivity contribution in [2.75, 3.05) is 11.9 Å². The maximum Gasteiger partial charge on any atom is 0.153 e. The number of H-pyrrole nitrogens is 1. The summed E-state index contributed by atoms with van der Waals surface area (Å²) < 4.78 is 0. The molecule has 1 heterocycles. The zero-order valence-corrected chi connectivity index (χ0v) is 10.8. The zero-order chi connectivity index (χ0) is 13.7. The Hall–Kier alpha value is -2.43. The minimum Gasteiger partial charge on any atom is -0.383 e. The molecule has 0 saturated heterocycles. The van der Waals surface area contributed by atoms with Crippen molar-refractivity contribution in [1.82, 2.24) is 10.2 Å². The first-order chi connectivity index (χ1) is 9.26. The Labute approximate surface area is 111 Å². The number of aryl methyl sites for hydroxylation is 1. The minimum atomic E-state index is 0.650. The van der Waals surface area contributed by atoms with Crippen LogP contribution in [0.3, 0.4) is 0 Å². The molecule has 0 saturated carbocycles. The molecule has 0 fully saturated rings. The Morgan fingerprint density at radius 2 is 2.26 bits per heavy atom. The molecule has 1 aromatic carbocycles. The van der Waals surface area contributed by atoms with Gasteiger partial charge >= 0.3 is 0 Å². The third kappa shape index (κ3) is 2.88. The number of carbonyl (C=O) groups is 1. The molecule has 98 valence electrons. The molecule has 0 amide bonds. The van der Waals surface area contributed by atoms with Crippen LogP contribution in [0.4, 0.5) is 11.4 Å². The van der Waals surface area contributed by atoms with Crippen molar-refractivity contribution >= 4 is 24.4 Å². The number of anilines is 1. The van der Waals surface area contributed by atoms with Crippen LogP contribution in [0, 0.1) is 6.92 Å². The van der Waals surface area contributed by atoms with Crippen LogP contribution in [0.2, 0.25) is 0 Å². The molecule has 2 N–H and O–H groups in total. The molecule has 5 heteroatoms. The van der Waals surface area contributed by atoms with Gasteiger partial charge in [0.25, 0.3) is 0 Å². The van der Waals surface area contributed by atoms with E-state index < -0.39 is 0 Å². The normalized spacial score (nSPS) is 10.2. The van der Waals surface area contributed by atoms with Crippen LogP contribution in [0.5, 0.6) is 0 Å². The number of rotatable bonds is 6. The van der Waals surface area contributed by atoms with Gasteiger partial charge in [-0.3, -0.25) is 14.9 Å². The second-order valence-corrected chi connectivity index (χ2v) is 4.18. The number of aldehydes is 1. The van der Waals surface area contributed by atoms with Gasteiger partial charge in [-0.1, -0.05) is 12.1 Å². The van der Waals surface area contributed by atoms with Crippen molar-refractivity contribution in [3.63, 3.8) is 0 Å². The predicted molar refractivity (Wildman–Crippen MR) is 76.6 cm³/mol. The molecule has 2 aromatic rings. The fourth-order valence-corrected chi connectivity index (χ4v) is 1.91. The van der Waals surface area contributed by atoms with E-state index in [0.29, 0.717) is 18.5 Å². The lowest BCUT2D eigenvalue weighted by Gasteiger charge is -2.08. The molecule has 2 rings (SSSR count). The molecule has 0 bridgehead atoms. The number of aliphatic imine (C=N–C) groups is 1. The van der Waals surface area contributed by atoms with Crippen molar-refractivity contribution < 1.29 is 4.79 Å². The summed E-state index contributed by atoms with van der Waals surface area (Å²) >= 11 is 0. The molecular weight excluding hydrogens is 240 g/mol. The molecule has 5 nitrogen and oxygen atoms in total. The highest BCUT2D eigenvalue weighted by Crippen LogP contribution is 2.23. The van der Waals surface area contributed by atoms with Crippen molar-refractivity contribution in [1.29, 1.82) is 0 Å². The first kappa shape index (κ1) is 13.0. The summed E-state index contributed by atoms with van der Waals surface area (Å²) in [6.07, 6.45) is 1.51. The minimum absolute atomic E-state index is 0.650. The second-order valence-electron chi connectivity index (χ2n) is 4.18. The van der Waals surface area contributed by atoms with Gasteiger partial charge in [-0.05, 0) is 25.8 Å². The lowest BCUT2D eigenvalue weighted by Crippen LogP contribution is -2.06. The van der Waals surface area contributed by atoms with Crippen LogP contribution in [-0.4, -0.2) is 29.7 Å². The molecule has 0 aliphatic carbocycles. The van der Waals surface area contributed by atoms with E-state index in [9.17, 15) is 4.79 Å². The summed E-state index contributed by atoms with van der Waals surface area (Å²) in [4.78, 5) is 14.9. The number of nitrogens with one attached hydrogen (secondary N) is 2. The number of carbonyl (C=O) groups excluding carboxylic acids is 1. The zero-order valence-electron chi connectivity index (χ0n) is 10.8. The van der Waals surface area contributed by atoms with Crippen LogP contribution >= 0.6 is 0 Å². The lowest BCUT2D eigenvalue weighted by atomic mass is 10.1. The topological polar surface area (TPSA) is 70.1 Å². The molecule has 0 aliphatic rings. The summed E-state index contributed by atoms with van der Waals surface area (Å²) in [5.41, 5.74) is 3.98. The Balaban J connectivity index is 2.00. The van der Waals surface area contributed by atoms with Gasteiger partial charge in [0.1, 0.15) is 0 Å². The summed E-state index contributed by atoms with van der Waals surface area (Å²) in [7, 11) is 0. The number of nitrogens with zero attached hydrogens (tertiary/aromatic N) is 2. The number of para-hydroxylation sites is 2. The number of hydrogen-bond acceptors (Lipinski definition) is 4. The van der Waals surface area contributed by atoms with E-state index in [2.05, 4.69) is 27.2 Å². The summed E-state index contributed by atoms with van der Waals surface area (Å²) in [6.45, 7) is 6.05.